The van der Waals surface area contributed by atoms with Crippen LogP contribution in [0.5, 0.6) is 0 Å². The summed E-state index contributed by atoms with van der Waals surface area (Å²) in [6, 6.07) is 8.08. The molecule has 1 atom stereocenters. The molecule has 2 fully saturated rings. The fraction of sp³-hybridized carbons (Fsp3) is 0.500. The minimum atomic E-state index is -0.273. The van der Waals surface area contributed by atoms with E-state index in [-0.39, 0.29) is 17.7 Å². The second-order valence-electron chi connectivity index (χ2n) is 7.90. The number of anilines is 2. The van der Waals surface area contributed by atoms with Crippen molar-refractivity contribution in [1.29, 1.82) is 0 Å². The quantitative estimate of drug-likeness (QED) is 0.836. The lowest BCUT2D eigenvalue weighted by Crippen LogP contribution is -2.43. The molecule has 4 rings (SSSR count). The molecule has 2 aromatic rings. The zero-order chi connectivity index (χ0) is 19.3. The standard InChI is InChI=1S/C22H27FN4O/c23-18-8-10-19(11-9-18)25-22-24-13-12-20(26-22)17-7-4-14-27(15-17)21(28)16-5-2-1-3-6-16/h8-13,16-17H,1-7,14-15H2,(H,24,25,26)/t17-/m0/s1. The Balaban J connectivity index is 1.43. The zero-order valence-electron chi connectivity index (χ0n) is 16.1. The van der Waals surface area contributed by atoms with Gasteiger partial charge in [-0.2, -0.15) is 0 Å². The summed E-state index contributed by atoms with van der Waals surface area (Å²) in [5.74, 6) is 1.01. The van der Waals surface area contributed by atoms with Crippen molar-refractivity contribution in [3.05, 3.63) is 48.0 Å². The van der Waals surface area contributed by atoms with E-state index >= 15 is 0 Å². The number of rotatable bonds is 4. The van der Waals surface area contributed by atoms with E-state index in [1.54, 1.807) is 18.3 Å². The maximum absolute atomic E-state index is 13.1. The smallest absolute Gasteiger partial charge is 0.227 e. The Morgan fingerprint density at radius 3 is 2.61 bits per heavy atom. The molecule has 0 spiro atoms. The van der Waals surface area contributed by atoms with Gasteiger partial charge >= 0.3 is 0 Å². The van der Waals surface area contributed by atoms with Crippen molar-refractivity contribution >= 4 is 17.5 Å². The van der Waals surface area contributed by atoms with Crippen LogP contribution in [0.4, 0.5) is 16.0 Å². The Kier molecular flexibility index (Phi) is 5.84. The molecule has 1 amide bonds. The maximum Gasteiger partial charge on any atom is 0.227 e. The number of benzene rings is 1. The highest BCUT2D eigenvalue weighted by atomic mass is 19.1. The third-order valence-corrected chi connectivity index (χ3v) is 5.88. The lowest BCUT2D eigenvalue weighted by molar-refractivity contribution is -0.137. The summed E-state index contributed by atoms with van der Waals surface area (Å²) < 4.78 is 13.1. The van der Waals surface area contributed by atoms with Crippen molar-refractivity contribution < 1.29 is 9.18 Å². The molecule has 28 heavy (non-hydrogen) atoms. The van der Waals surface area contributed by atoms with Gasteiger partial charge in [0.05, 0.1) is 5.69 Å². The Morgan fingerprint density at radius 1 is 1.04 bits per heavy atom. The highest BCUT2D eigenvalue weighted by Crippen LogP contribution is 2.30. The molecule has 2 aliphatic rings. The maximum atomic E-state index is 13.1. The monoisotopic (exact) mass is 382 g/mol. The summed E-state index contributed by atoms with van der Waals surface area (Å²) in [5.41, 5.74) is 1.71. The van der Waals surface area contributed by atoms with Crippen LogP contribution >= 0.6 is 0 Å². The number of carbonyl (C=O) groups excluding carboxylic acids is 1. The van der Waals surface area contributed by atoms with Gasteiger partial charge in [-0.05, 0) is 56.0 Å². The molecule has 0 bridgehead atoms. The van der Waals surface area contributed by atoms with Gasteiger partial charge in [-0.1, -0.05) is 19.3 Å². The minimum absolute atomic E-state index is 0.216. The van der Waals surface area contributed by atoms with E-state index < -0.39 is 0 Å². The van der Waals surface area contributed by atoms with Gasteiger partial charge < -0.3 is 10.2 Å². The molecule has 0 unspecified atom stereocenters. The molecule has 1 aromatic heterocycles. The first-order valence-corrected chi connectivity index (χ1v) is 10.3. The highest BCUT2D eigenvalue weighted by molar-refractivity contribution is 5.79. The second kappa shape index (κ2) is 8.67. The predicted molar refractivity (Wildman–Crippen MR) is 107 cm³/mol. The molecule has 1 N–H and O–H groups in total. The normalized spacial score (nSPS) is 20.8. The van der Waals surface area contributed by atoms with Crippen molar-refractivity contribution in [2.24, 2.45) is 5.92 Å². The van der Waals surface area contributed by atoms with E-state index in [2.05, 4.69) is 20.2 Å². The van der Waals surface area contributed by atoms with Gasteiger partial charge in [0.25, 0.3) is 0 Å². The van der Waals surface area contributed by atoms with Crippen LogP contribution in [0.2, 0.25) is 0 Å². The van der Waals surface area contributed by atoms with E-state index in [0.29, 0.717) is 11.9 Å². The molecule has 1 aliphatic carbocycles. The Hall–Kier alpha value is -2.50. The molecule has 1 saturated heterocycles. The van der Waals surface area contributed by atoms with Gasteiger partial charge in [-0.25, -0.2) is 14.4 Å². The summed E-state index contributed by atoms with van der Waals surface area (Å²) in [4.78, 5) is 23.9. The average molecular weight is 382 g/mol. The Morgan fingerprint density at radius 2 is 1.82 bits per heavy atom. The van der Waals surface area contributed by atoms with Crippen LogP contribution < -0.4 is 5.32 Å². The van der Waals surface area contributed by atoms with E-state index in [0.717, 1.165) is 50.2 Å². The van der Waals surface area contributed by atoms with Crippen molar-refractivity contribution in [3.8, 4) is 0 Å². The highest BCUT2D eigenvalue weighted by Gasteiger charge is 2.30. The fourth-order valence-corrected chi connectivity index (χ4v) is 4.35. The number of aromatic nitrogens is 2. The van der Waals surface area contributed by atoms with Gasteiger partial charge in [0, 0.05) is 36.8 Å². The number of hydrogen-bond donors (Lipinski definition) is 1. The molecule has 5 nitrogen and oxygen atoms in total. The van der Waals surface area contributed by atoms with Crippen molar-refractivity contribution in [1.82, 2.24) is 14.9 Å². The average Bonchev–Trinajstić information content (AvgIpc) is 2.76. The lowest BCUT2D eigenvalue weighted by atomic mass is 9.87. The van der Waals surface area contributed by atoms with Gasteiger partial charge in [0.1, 0.15) is 5.82 Å². The fourth-order valence-electron chi connectivity index (χ4n) is 4.35. The van der Waals surface area contributed by atoms with Gasteiger partial charge in [-0.3, -0.25) is 4.79 Å². The minimum Gasteiger partial charge on any atom is -0.342 e. The zero-order valence-corrected chi connectivity index (χ0v) is 16.1. The number of piperidine rings is 1. The molecule has 2 heterocycles. The molecule has 1 saturated carbocycles. The summed E-state index contributed by atoms with van der Waals surface area (Å²) in [6.07, 6.45) is 9.48. The number of nitrogens with one attached hydrogen (secondary N) is 1. The first-order chi connectivity index (χ1) is 13.7. The molecule has 148 valence electrons. The third-order valence-electron chi connectivity index (χ3n) is 5.88. The van der Waals surface area contributed by atoms with Crippen LogP contribution in [0.3, 0.4) is 0 Å². The predicted octanol–water partition coefficient (Wildman–Crippen LogP) is 4.65. The van der Waals surface area contributed by atoms with E-state index in [4.69, 9.17) is 0 Å². The first-order valence-electron chi connectivity index (χ1n) is 10.3. The van der Waals surface area contributed by atoms with Crippen LogP contribution in [0.1, 0.15) is 56.6 Å². The first kappa shape index (κ1) is 18.8. The van der Waals surface area contributed by atoms with Crippen LogP contribution in [0, 0.1) is 11.7 Å². The Labute approximate surface area is 165 Å². The van der Waals surface area contributed by atoms with Crippen LogP contribution in [0.15, 0.2) is 36.5 Å². The molecular weight excluding hydrogens is 355 g/mol. The van der Waals surface area contributed by atoms with Gasteiger partial charge in [0.15, 0.2) is 0 Å². The third kappa shape index (κ3) is 4.49. The van der Waals surface area contributed by atoms with E-state index in [1.807, 2.05) is 6.07 Å². The van der Waals surface area contributed by atoms with Crippen LogP contribution in [-0.4, -0.2) is 33.9 Å². The van der Waals surface area contributed by atoms with Crippen LogP contribution in [0.25, 0.3) is 0 Å². The number of carbonyl (C=O) groups is 1. The van der Waals surface area contributed by atoms with Crippen molar-refractivity contribution in [2.75, 3.05) is 18.4 Å². The number of halogens is 1. The van der Waals surface area contributed by atoms with Crippen molar-refractivity contribution in [3.63, 3.8) is 0 Å². The molecule has 6 heteroatoms. The topological polar surface area (TPSA) is 58.1 Å². The van der Waals surface area contributed by atoms with Crippen molar-refractivity contribution in [2.45, 2.75) is 50.9 Å². The number of likely N-dealkylation sites (tertiary alicyclic amines) is 1. The lowest BCUT2D eigenvalue weighted by Gasteiger charge is -2.35. The summed E-state index contributed by atoms with van der Waals surface area (Å²) in [5, 5.41) is 3.13. The number of hydrogen-bond acceptors (Lipinski definition) is 4. The SMILES string of the molecule is O=C(C1CCCCC1)N1CCC[C@H](c2ccnc(Nc3ccc(F)cc3)n2)C1. The molecule has 1 aromatic carbocycles. The molecule has 1 aliphatic heterocycles. The van der Waals surface area contributed by atoms with E-state index in [1.165, 1.54) is 31.4 Å². The van der Waals surface area contributed by atoms with Gasteiger partial charge in [-0.15, -0.1) is 0 Å². The number of amides is 1. The summed E-state index contributed by atoms with van der Waals surface area (Å²) in [6.45, 7) is 1.60. The number of nitrogens with zero attached hydrogens (tertiary/aromatic N) is 3. The largest absolute Gasteiger partial charge is 0.342 e. The molecular formula is C22H27FN4O. The molecule has 0 radical (unpaired) electrons. The second-order valence-corrected chi connectivity index (χ2v) is 7.90. The van der Waals surface area contributed by atoms with Gasteiger partial charge in [0.2, 0.25) is 11.9 Å². The summed E-state index contributed by atoms with van der Waals surface area (Å²) >= 11 is 0. The summed E-state index contributed by atoms with van der Waals surface area (Å²) in [7, 11) is 0. The van der Waals surface area contributed by atoms with Crippen LogP contribution in [-0.2, 0) is 4.79 Å². The Bertz CT molecular complexity index is 804. The van der Waals surface area contributed by atoms with E-state index in [9.17, 15) is 9.18 Å².